The Morgan fingerprint density at radius 3 is 2.73 bits per heavy atom. The normalized spacial score (nSPS) is 15.4. The molecule has 4 aromatic rings. The van der Waals surface area contributed by atoms with Gasteiger partial charge in [0.1, 0.15) is 28.7 Å². The summed E-state index contributed by atoms with van der Waals surface area (Å²) in [5.41, 5.74) is 10.0. The summed E-state index contributed by atoms with van der Waals surface area (Å²) in [4.78, 5) is 41.2. The molecule has 40 heavy (non-hydrogen) atoms. The third-order valence-electron chi connectivity index (χ3n) is 7.08. The maximum atomic E-state index is 12.9. The number of nitrogens with one attached hydrogen (secondary N) is 1. The number of aromatic nitrogens is 4. The lowest BCUT2D eigenvalue weighted by Gasteiger charge is -2.22. The van der Waals surface area contributed by atoms with Crippen LogP contribution >= 0.6 is 0 Å². The van der Waals surface area contributed by atoms with Crippen molar-refractivity contribution < 1.29 is 14.3 Å². The van der Waals surface area contributed by atoms with Gasteiger partial charge in [-0.25, -0.2) is 15.0 Å². The Balaban J connectivity index is 1.44. The van der Waals surface area contributed by atoms with Gasteiger partial charge in [0.05, 0.1) is 12.6 Å². The van der Waals surface area contributed by atoms with Crippen molar-refractivity contribution in [3.05, 3.63) is 84.1 Å². The Kier molecular flexibility index (Phi) is 7.88. The summed E-state index contributed by atoms with van der Waals surface area (Å²) in [6.07, 6.45) is 10.1. The number of imidazole rings is 1. The Labute approximate surface area is 232 Å². The molecule has 4 heterocycles. The number of amides is 2. The van der Waals surface area contributed by atoms with Gasteiger partial charge in [-0.3, -0.25) is 14.0 Å². The predicted molar refractivity (Wildman–Crippen MR) is 154 cm³/mol. The highest BCUT2D eigenvalue weighted by Gasteiger charge is 2.33. The van der Waals surface area contributed by atoms with E-state index in [1.165, 1.54) is 0 Å². The van der Waals surface area contributed by atoms with Crippen molar-refractivity contribution in [2.45, 2.75) is 38.6 Å². The van der Waals surface area contributed by atoms with Crippen LogP contribution in [0, 0.1) is 0 Å². The Morgan fingerprint density at radius 1 is 1.18 bits per heavy atom. The fourth-order valence-corrected chi connectivity index (χ4v) is 5.01. The first-order valence-electron chi connectivity index (χ1n) is 13.3. The van der Waals surface area contributed by atoms with E-state index in [9.17, 15) is 9.59 Å². The van der Waals surface area contributed by atoms with Crippen LogP contribution in [0.1, 0.15) is 60.4 Å². The number of nitrogen functional groups attached to an aromatic ring is 1. The highest BCUT2D eigenvalue weighted by Crippen LogP contribution is 2.36. The van der Waals surface area contributed by atoms with Crippen LogP contribution in [0.15, 0.2) is 67.1 Å². The second-order valence-electron chi connectivity index (χ2n) is 10.1. The molecular formula is C30H33N7O3. The molecule has 5 rings (SSSR count). The van der Waals surface area contributed by atoms with Gasteiger partial charge in [-0.05, 0) is 48.6 Å². The van der Waals surface area contributed by atoms with E-state index < -0.39 is 0 Å². The minimum absolute atomic E-state index is 0.0799. The van der Waals surface area contributed by atoms with Gasteiger partial charge in [0.15, 0.2) is 0 Å². The molecule has 0 aliphatic carbocycles. The SMILES string of the molecule is COCC=CC(=O)N1CCCC1c1nc(-c2ccc(C(=O)Nc3cc(C(C)C)ccn3)cc2)c2c(N)nccn12. The van der Waals surface area contributed by atoms with Crippen LogP contribution in [0.4, 0.5) is 11.6 Å². The standard InChI is InChI=1S/C30H33N7O3/c1-19(2)22-12-13-32-24(18-22)34-30(39)21-10-8-20(9-11-21)26-27-28(31)33-14-16-37(27)29(35-26)23-6-4-15-36(23)25(38)7-5-17-40-3/h5,7-14,16,18-19,23H,4,6,15,17H2,1-3H3,(H2,31,33)(H,32,34,39). The number of nitrogens with two attached hydrogens (primary N) is 1. The van der Waals surface area contributed by atoms with Gasteiger partial charge in [0.2, 0.25) is 5.91 Å². The van der Waals surface area contributed by atoms with Crippen LogP contribution in [-0.4, -0.2) is 56.3 Å². The lowest BCUT2D eigenvalue weighted by atomic mass is 10.1. The van der Waals surface area contributed by atoms with Crippen molar-refractivity contribution in [3.8, 4) is 11.3 Å². The number of pyridine rings is 1. The van der Waals surface area contributed by atoms with Crippen LogP contribution < -0.4 is 11.1 Å². The van der Waals surface area contributed by atoms with Crippen LogP contribution in [0.25, 0.3) is 16.8 Å². The first-order chi connectivity index (χ1) is 19.4. The number of anilines is 2. The van der Waals surface area contributed by atoms with Gasteiger partial charge in [-0.2, -0.15) is 0 Å². The van der Waals surface area contributed by atoms with E-state index in [0.717, 1.165) is 29.8 Å². The molecule has 1 aliphatic heterocycles. The van der Waals surface area contributed by atoms with Crippen LogP contribution in [0.5, 0.6) is 0 Å². The van der Waals surface area contributed by atoms with Crippen molar-refractivity contribution in [2.75, 3.05) is 31.3 Å². The van der Waals surface area contributed by atoms with E-state index in [4.69, 9.17) is 15.5 Å². The smallest absolute Gasteiger partial charge is 0.256 e. The van der Waals surface area contributed by atoms with Crippen molar-refractivity contribution in [2.24, 2.45) is 0 Å². The number of likely N-dealkylation sites (tertiary alicyclic amines) is 1. The fraction of sp³-hybridized carbons (Fsp3) is 0.300. The van der Waals surface area contributed by atoms with E-state index in [0.29, 0.717) is 47.5 Å². The zero-order chi connectivity index (χ0) is 28.2. The summed E-state index contributed by atoms with van der Waals surface area (Å²) in [6.45, 7) is 5.20. The summed E-state index contributed by atoms with van der Waals surface area (Å²) < 4.78 is 6.95. The lowest BCUT2D eigenvalue weighted by Crippen LogP contribution is -2.30. The van der Waals surface area contributed by atoms with E-state index in [1.54, 1.807) is 43.8 Å². The number of methoxy groups -OCH3 is 1. The number of rotatable bonds is 8. The first kappa shape index (κ1) is 27.0. The molecule has 0 saturated carbocycles. The van der Waals surface area contributed by atoms with E-state index in [-0.39, 0.29) is 17.9 Å². The van der Waals surface area contributed by atoms with Crippen molar-refractivity contribution in [1.82, 2.24) is 24.3 Å². The maximum Gasteiger partial charge on any atom is 0.256 e. The van der Waals surface area contributed by atoms with Gasteiger partial charge in [-0.1, -0.05) is 32.1 Å². The minimum Gasteiger partial charge on any atom is -0.382 e. The Morgan fingerprint density at radius 2 is 1.98 bits per heavy atom. The topological polar surface area (TPSA) is 128 Å². The summed E-state index contributed by atoms with van der Waals surface area (Å²) in [5, 5.41) is 2.88. The highest BCUT2D eigenvalue weighted by molar-refractivity contribution is 6.04. The van der Waals surface area contributed by atoms with Crippen molar-refractivity contribution in [1.29, 1.82) is 0 Å². The zero-order valence-electron chi connectivity index (χ0n) is 22.9. The maximum absolute atomic E-state index is 12.9. The second kappa shape index (κ2) is 11.7. The predicted octanol–water partition coefficient (Wildman–Crippen LogP) is 4.62. The van der Waals surface area contributed by atoms with Crippen molar-refractivity contribution >= 4 is 29.0 Å². The number of carbonyl (C=O) groups excluding carboxylic acids is 2. The fourth-order valence-electron chi connectivity index (χ4n) is 5.01. The Bertz CT molecular complexity index is 1560. The number of benzene rings is 1. The van der Waals surface area contributed by atoms with Crippen molar-refractivity contribution in [3.63, 3.8) is 0 Å². The Hall–Kier alpha value is -4.57. The minimum atomic E-state index is -0.252. The molecule has 3 aromatic heterocycles. The molecule has 10 heteroatoms. The second-order valence-corrected chi connectivity index (χ2v) is 10.1. The molecule has 1 fully saturated rings. The highest BCUT2D eigenvalue weighted by atomic mass is 16.5. The molecule has 2 amide bonds. The molecule has 0 radical (unpaired) electrons. The largest absolute Gasteiger partial charge is 0.382 e. The van der Waals surface area contributed by atoms with E-state index in [2.05, 4.69) is 29.1 Å². The zero-order valence-corrected chi connectivity index (χ0v) is 22.9. The summed E-state index contributed by atoms with van der Waals surface area (Å²) in [6, 6.07) is 10.8. The third kappa shape index (κ3) is 5.43. The summed E-state index contributed by atoms with van der Waals surface area (Å²) in [5.74, 6) is 1.57. The average molecular weight is 540 g/mol. The molecular weight excluding hydrogens is 506 g/mol. The number of nitrogens with zero attached hydrogens (tertiary/aromatic N) is 5. The number of hydrogen-bond acceptors (Lipinski definition) is 7. The first-order valence-corrected chi connectivity index (χ1v) is 13.3. The third-order valence-corrected chi connectivity index (χ3v) is 7.08. The van der Waals surface area contributed by atoms with Gasteiger partial charge < -0.3 is 20.7 Å². The molecule has 10 nitrogen and oxygen atoms in total. The average Bonchev–Trinajstić information content (AvgIpc) is 3.59. The molecule has 1 unspecified atom stereocenters. The van der Waals surface area contributed by atoms with Gasteiger partial charge >= 0.3 is 0 Å². The molecule has 1 saturated heterocycles. The van der Waals surface area contributed by atoms with E-state index in [1.807, 2.05) is 39.8 Å². The van der Waals surface area contributed by atoms with Gasteiger partial charge in [-0.15, -0.1) is 0 Å². The van der Waals surface area contributed by atoms with Crippen LogP contribution in [-0.2, 0) is 9.53 Å². The number of hydrogen-bond donors (Lipinski definition) is 2. The summed E-state index contributed by atoms with van der Waals surface area (Å²) in [7, 11) is 1.59. The summed E-state index contributed by atoms with van der Waals surface area (Å²) >= 11 is 0. The molecule has 206 valence electrons. The quantitative estimate of drug-likeness (QED) is 0.313. The van der Waals surface area contributed by atoms with Crippen LogP contribution in [0.2, 0.25) is 0 Å². The van der Waals surface area contributed by atoms with E-state index >= 15 is 0 Å². The van der Waals surface area contributed by atoms with Crippen LogP contribution in [0.3, 0.4) is 0 Å². The monoisotopic (exact) mass is 539 g/mol. The molecule has 0 spiro atoms. The molecule has 1 aromatic carbocycles. The number of carbonyl (C=O) groups is 2. The molecule has 0 bridgehead atoms. The van der Waals surface area contributed by atoms with Gasteiger partial charge in [0.25, 0.3) is 5.91 Å². The molecule has 1 aliphatic rings. The molecule has 1 atom stereocenters. The number of fused-ring (bicyclic) bond motifs is 1. The van der Waals surface area contributed by atoms with Gasteiger partial charge in [0, 0.05) is 49.4 Å². The lowest BCUT2D eigenvalue weighted by molar-refractivity contribution is -0.127. The number of ether oxygens (including phenoxy) is 1. The molecule has 3 N–H and O–H groups in total.